The average molecular weight is 432 g/mol. The van der Waals surface area contributed by atoms with Gasteiger partial charge in [-0.15, -0.1) is 0 Å². The van der Waals surface area contributed by atoms with Crippen molar-refractivity contribution in [2.75, 3.05) is 13.7 Å². The van der Waals surface area contributed by atoms with Crippen molar-refractivity contribution in [1.82, 2.24) is 16.0 Å². The lowest BCUT2D eigenvalue weighted by Gasteiger charge is -2.29. The minimum atomic E-state index is -1.78. The van der Waals surface area contributed by atoms with Crippen molar-refractivity contribution in [3.8, 4) is 0 Å². The van der Waals surface area contributed by atoms with E-state index in [4.69, 9.17) is 9.47 Å². The van der Waals surface area contributed by atoms with E-state index < -0.39 is 47.2 Å². The molecular formula is C20H34FN3O6. The lowest BCUT2D eigenvalue weighted by molar-refractivity contribution is -0.146. The Morgan fingerprint density at radius 3 is 2.30 bits per heavy atom. The number of alkyl halides is 1. The highest BCUT2D eigenvalue weighted by Gasteiger charge is 2.35. The van der Waals surface area contributed by atoms with Gasteiger partial charge < -0.3 is 25.4 Å². The van der Waals surface area contributed by atoms with Gasteiger partial charge in [0.1, 0.15) is 23.4 Å². The monoisotopic (exact) mass is 431 g/mol. The number of ether oxygens (including phenoxy) is 2. The van der Waals surface area contributed by atoms with Crippen LogP contribution in [0.5, 0.6) is 0 Å². The van der Waals surface area contributed by atoms with E-state index >= 15 is 0 Å². The van der Waals surface area contributed by atoms with Crippen LogP contribution < -0.4 is 16.0 Å². The molecule has 30 heavy (non-hydrogen) atoms. The average Bonchev–Trinajstić information content (AvgIpc) is 2.58. The number of rotatable bonds is 8. The van der Waals surface area contributed by atoms with Crippen LogP contribution in [0.25, 0.3) is 0 Å². The quantitative estimate of drug-likeness (QED) is 0.502. The number of carbonyl (C=O) groups is 4. The van der Waals surface area contributed by atoms with Gasteiger partial charge in [0, 0.05) is 18.9 Å². The van der Waals surface area contributed by atoms with Crippen LogP contribution in [0, 0.1) is 5.92 Å². The maximum absolute atomic E-state index is 14.3. The summed E-state index contributed by atoms with van der Waals surface area (Å²) in [5.41, 5.74) is -2.58. The zero-order chi connectivity index (χ0) is 23.1. The highest BCUT2D eigenvalue weighted by atomic mass is 19.1. The molecule has 3 N–H and O–H groups in total. The molecule has 0 unspecified atom stereocenters. The predicted octanol–water partition coefficient (Wildman–Crippen LogP) is 1.59. The van der Waals surface area contributed by atoms with Gasteiger partial charge in [0.25, 0.3) is 0 Å². The Bertz CT molecular complexity index is 641. The van der Waals surface area contributed by atoms with Crippen molar-refractivity contribution >= 4 is 23.9 Å². The zero-order valence-corrected chi connectivity index (χ0v) is 18.6. The first kappa shape index (κ1) is 25.6. The first-order valence-corrected chi connectivity index (χ1v) is 10.1. The van der Waals surface area contributed by atoms with Crippen LogP contribution in [-0.4, -0.2) is 60.9 Å². The molecule has 1 saturated heterocycles. The van der Waals surface area contributed by atoms with Gasteiger partial charge >= 0.3 is 12.1 Å². The normalized spacial score (nSPS) is 19.2. The first-order valence-electron chi connectivity index (χ1n) is 10.1. The largest absolute Gasteiger partial charge is 0.467 e. The molecule has 0 saturated carbocycles. The molecule has 0 radical (unpaired) electrons. The van der Waals surface area contributed by atoms with E-state index in [9.17, 15) is 23.6 Å². The van der Waals surface area contributed by atoms with Gasteiger partial charge in [0.05, 0.1) is 7.11 Å². The fourth-order valence-electron chi connectivity index (χ4n) is 3.12. The third-order valence-electron chi connectivity index (χ3n) is 4.42. The molecule has 0 aliphatic carbocycles. The molecule has 0 spiro atoms. The highest BCUT2D eigenvalue weighted by molar-refractivity contribution is 5.90. The number of hydrogen-bond donors (Lipinski definition) is 3. The lowest BCUT2D eigenvalue weighted by Crippen LogP contribution is -2.55. The summed E-state index contributed by atoms with van der Waals surface area (Å²) >= 11 is 0. The molecule has 0 aromatic heterocycles. The predicted molar refractivity (Wildman–Crippen MR) is 107 cm³/mol. The molecule has 1 aliphatic heterocycles. The molecular weight excluding hydrogens is 397 g/mol. The number of piperidine rings is 1. The van der Waals surface area contributed by atoms with Gasteiger partial charge in [0.15, 0.2) is 0 Å². The third kappa shape index (κ3) is 9.41. The number of esters is 1. The van der Waals surface area contributed by atoms with Crippen molar-refractivity contribution in [1.29, 1.82) is 0 Å². The van der Waals surface area contributed by atoms with Crippen molar-refractivity contribution in [3.05, 3.63) is 0 Å². The molecule has 1 fully saturated rings. The number of methoxy groups -OCH3 is 1. The van der Waals surface area contributed by atoms with Gasteiger partial charge in [-0.3, -0.25) is 9.59 Å². The van der Waals surface area contributed by atoms with Crippen LogP contribution in [0.4, 0.5) is 9.18 Å². The summed E-state index contributed by atoms with van der Waals surface area (Å²) in [6, 6.07) is -2.39. The van der Waals surface area contributed by atoms with Gasteiger partial charge in [0.2, 0.25) is 11.8 Å². The fourth-order valence-corrected chi connectivity index (χ4v) is 3.12. The summed E-state index contributed by atoms with van der Waals surface area (Å²) in [5.74, 6) is -2.15. The molecule has 1 aliphatic rings. The van der Waals surface area contributed by atoms with Gasteiger partial charge in [-0.05, 0) is 53.9 Å². The number of hydrogen-bond acceptors (Lipinski definition) is 6. The maximum Gasteiger partial charge on any atom is 0.408 e. The first-order chi connectivity index (χ1) is 13.7. The second kappa shape index (κ2) is 10.6. The van der Waals surface area contributed by atoms with E-state index in [0.717, 1.165) is 6.42 Å². The van der Waals surface area contributed by atoms with E-state index in [1.807, 2.05) is 0 Å². The Labute approximate surface area is 176 Å². The molecule has 3 amide bonds. The smallest absolute Gasteiger partial charge is 0.408 e. The molecule has 1 heterocycles. The minimum Gasteiger partial charge on any atom is -0.467 e. The van der Waals surface area contributed by atoms with Crippen molar-refractivity contribution in [3.63, 3.8) is 0 Å². The van der Waals surface area contributed by atoms with E-state index in [0.29, 0.717) is 13.0 Å². The summed E-state index contributed by atoms with van der Waals surface area (Å²) in [5, 5.41) is 7.58. The summed E-state index contributed by atoms with van der Waals surface area (Å²) in [6.45, 7) is 8.08. The molecule has 0 bridgehead atoms. The number of carbonyl (C=O) groups excluding carboxylic acids is 4. The standard InChI is InChI=1S/C20H34FN3O6/c1-19(2,3)30-18(28)24-14(11-20(4,5)21)16(26)23-13(17(27)29-6)10-12-8-7-9-22-15(12)25/h12-14H,7-11H2,1-6H3,(H,22,25)(H,23,26)(H,24,28)/t12-,13-,14-/m0/s1. The Morgan fingerprint density at radius 2 is 1.80 bits per heavy atom. The van der Waals surface area contributed by atoms with Crippen LogP contribution >= 0.6 is 0 Å². The van der Waals surface area contributed by atoms with E-state index in [2.05, 4.69) is 16.0 Å². The second-order valence-electron chi connectivity index (χ2n) is 9.07. The van der Waals surface area contributed by atoms with Crippen molar-refractivity contribution in [2.45, 2.75) is 83.7 Å². The SMILES string of the molecule is COC(=O)[C@H](C[C@@H]1CCCNC1=O)NC(=O)[C@H](CC(C)(C)F)NC(=O)OC(C)(C)C. The molecule has 1 rings (SSSR count). The van der Waals surface area contributed by atoms with Gasteiger partial charge in [-0.25, -0.2) is 14.0 Å². The van der Waals surface area contributed by atoms with Crippen LogP contribution in [0.2, 0.25) is 0 Å². The van der Waals surface area contributed by atoms with E-state index in [1.165, 1.54) is 21.0 Å². The molecule has 3 atom stereocenters. The summed E-state index contributed by atoms with van der Waals surface area (Å²) in [6.07, 6.45) is 0.162. The molecule has 172 valence electrons. The Hall–Kier alpha value is -2.39. The number of halogens is 1. The Morgan fingerprint density at radius 1 is 1.17 bits per heavy atom. The van der Waals surface area contributed by atoms with Crippen LogP contribution in [0.3, 0.4) is 0 Å². The van der Waals surface area contributed by atoms with Crippen LogP contribution in [-0.2, 0) is 23.9 Å². The third-order valence-corrected chi connectivity index (χ3v) is 4.42. The van der Waals surface area contributed by atoms with Crippen LogP contribution in [0.15, 0.2) is 0 Å². The Kier molecular flexibility index (Phi) is 9.05. The Balaban J connectivity index is 2.93. The van der Waals surface area contributed by atoms with Crippen molar-refractivity contribution in [2.24, 2.45) is 5.92 Å². The molecule has 9 nitrogen and oxygen atoms in total. The van der Waals surface area contributed by atoms with Gasteiger partial charge in [-0.1, -0.05) is 0 Å². The maximum atomic E-state index is 14.3. The zero-order valence-electron chi connectivity index (χ0n) is 18.6. The lowest BCUT2D eigenvalue weighted by atomic mass is 9.91. The summed E-state index contributed by atoms with van der Waals surface area (Å²) < 4.78 is 24.1. The number of amides is 3. The summed E-state index contributed by atoms with van der Waals surface area (Å²) in [4.78, 5) is 49.2. The fraction of sp³-hybridized carbons (Fsp3) is 0.800. The molecule has 10 heteroatoms. The van der Waals surface area contributed by atoms with E-state index in [1.54, 1.807) is 20.8 Å². The highest BCUT2D eigenvalue weighted by Crippen LogP contribution is 2.20. The van der Waals surface area contributed by atoms with Crippen LogP contribution in [0.1, 0.15) is 60.3 Å². The van der Waals surface area contributed by atoms with Gasteiger partial charge in [-0.2, -0.15) is 0 Å². The number of nitrogens with one attached hydrogen (secondary N) is 3. The second-order valence-corrected chi connectivity index (χ2v) is 9.07. The topological polar surface area (TPSA) is 123 Å². The van der Waals surface area contributed by atoms with E-state index in [-0.39, 0.29) is 18.7 Å². The summed E-state index contributed by atoms with van der Waals surface area (Å²) in [7, 11) is 1.17. The molecule has 0 aromatic carbocycles. The molecule has 0 aromatic rings. The minimum absolute atomic E-state index is 0.0441. The number of alkyl carbamates (subject to hydrolysis) is 1. The van der Waals surface area contributed by atoms with Crippen molar-refractivity contribution < 1.29 is 33.0 Å².